The highest BCUT2D eigenvalue weighted by Crippen LogP contribution is 2.20. The zero-order valence-electron chi connectivity index (χ0n) is 9.39. The van der Waals surface area contributed by atoms with Gasteiger partial charge in [0.2, 0.25) is 4.05 Å². The van der Waals surface area contributed by atoms with E-state index in [1.807, 2.05) is 0 Å². The molecule has 0 heterocycles. The number of quaternary nitrogens is 1. The van der Waals surface area contributed by atoms with E-state index in [1.165, 1.54) is 19.4 Å². The highest BCUT2D eigenvalue weighted by Gasteiger charge is 2.29. The Balaban J connectivity index is 0. The highest BCUT2D eigenvalue weighted by molar-refractivity contribution is 14.1. The van der Waals surface area contributed by atoms with Crippen molar-refractivity contribution >= 4 is 22.6 Å². The van der Waals surface area contributed by atoms with E-state index in [0.717, 1.165) is 17.6 Å². The van der Waals surface area contributed by atoms with Crippen molar-refractivity contribution in [3.05, 3.63) is 0 Å². The summed E-state index contributed by atoms with van der Waals surface area (Å²) in [7, 11) is 0. The Labute approximate surface area is 109 Å². The average Bonchev–Trinajstić information content (AvgIpc) is 2.19. The number of terminal acetylenes is 1. The van der Waals surface area contributed by atoms with Crippen LogP contribution in [0.15, 0.2) is 0 Å². The lowest BCUT2D eigenvalue weighted by Crippen LogP contribution is -3.00. The van der Waals surface area contributed by atoms with Gasteiger partial charge >= 0.3 is 0 Å². The van der Waals surface area contributed by atoms with Crippen LogP contribution in [0.4, 0.5) is 0 Å². The first-order valence-electron chi connectivity index (χ1n) is 5.12. The molecule has 0 aromatic heterocycles. The molecule has 0 N–H and O–H groups in total. The van der Waals surface area contributed by atoms with Crippen LogP contribution < -0.4 is 12.4 Å². The van der Waals surface area contributed by atoms with Gasteiger partial charge in [-0.1, -0.05) is 13.3 Å². The molecule has 1 atom stereocenters. The van der Waals surface area contributed by atoms with E-state index in [4.69, 9.17) is 6.42 Å². The van der Waals surface area contributed by atoms with Crippen molar-refractivity contribution in [1.29, 1.82) is 0 Å². The molecule has 3 heteroatoms. The lowest BCUT2D eigenvalue weighted by Gasteiger charge is -2.38. The fourth-order valence-corrected chi connectivity index (χ4v) is 2.67. The number of unbranched alkanes of at least 4 members (excludes halogenated alkanes) is 1. The minimum absolute atomic E-state index is 0. The number of rotatable bonds is 6. The fraction of sp³-hybridized carbons (Fsp3) is 0.818. The van der Waals surface area contributed by atoms with E-state index in [-0.39, 0.29) is 12.4 Å². The SMILES string of the molecule is C#CC(I)[N+](CC)(CC)CCCC.[Cl-]. The Kier molecular flexibility index (Phi) is 10.7. The quantitative estimate of drug-likeness (QED) is 0.212. The van der Waals surface area contributed by atoms with Crippen LogP contribution in [-0.2, 0) is 0 Å². The number of hydrogen-bond acceptors (Lipinski definition) is 0. The molecule has 1 nitrogen and oxygen atoms in total. The van der Waals surface area contributed by atoms with Gasteiger partial charge in [0.05, 0.1) is 19.6 Å². The van der Waals surface area contributed by atoms with E-state index in [9.17, 15) is 0 Å². The van der Waals surface area contributed by atoms with Crippen LogP contribution in [0.2, 0.25) is 0 Å². The molecular formula is C11H21ClIN. The first-order valence-corrected chi connectivity index (χ1v) is 6.37. The maximum Gasteiger partial charge on any atom is 0.200 e. The van der Waals surface area contributed by atoms with E-state index < -0.39 is 0 Å². The molecule has 0 amide bonds. The highest BCUT2D eigenvalue weighted by atomic mass is 127. The maximum atomic E-state index is 5.51. The average molecular weight is 330 g/mol. The summed E-state index contributed by atoms with van der Waals surface area (Å²) in [6.45, 7) is 10.2. The van der Waals surface area contributed by atoms with Crippen molar-refractivity contribution in [2.45, 2.75) is 37.7 Å². The summed E-state index contributed by atoms with van der Waals surface area (Å²) in [5.74, 6) is 2.88. The molecular weight excluding hydrogens is 308 g/mol. The zero-order valence-corrected chi connectivity index (χ0v) is 12.3. The third-order valence-corrected chi connectivity index (χ3v) is 4.38. The third kappa shape index (κ3) is 4.37. The molecule has 0 aliphatic heterocycles. The maximum absolute atomic E-state index is 5.51. The summed E-state index contributed by atoms with van der Waals surface area (Å²) in [6.07, 6.45) is 8.05. The first-order chi connectivity index (χ1) is 6.16. The number of hydrogen-bond donors (Lipinski definition) is 0. The fourth-order valence-electron chi connectivity index (χ4n) is 1.60. The Bertz CT molecular complexity index is 173. The van der Waals surface area contributed by atoms with Gasteiger partial charge in [-0.05, 0) is 26.2 Å². The molecule has 0 radical (unpaired) electrons. The molecule has 14 heavy (non-hydrogen) atoms. The molecule has 0 bridgehead atoms. The Morgan fingerprint density at radius 1 is 1.29 bits per heavy atom. The van der Waals surface area contributed by atoms with Crippen molar-refractivity contribution < 1.29 is 16.9 Å². The Hall–Kier alpha value is 0.540. The van der Waals surface area contributed by atoms with Crippen LogP contribution in [0, 0.1) is 12.3 Å². The lowest BCUT2D eigenvalue weighted by atomic mass is 10.2. The second-order valence-electron chi connectivity index (χ2n) is 3.43. The van der Waals surface area contributed by atoms with Crippen molar-refractivity contribution in [2.75, 3.05) is 19.6 Å². The zero-order chi connectivity index (χ0) is 10.3. The summed E-state index contributed by atoms with van der Waals surface area (Å²) < 4.78 is 1.41. The van der Waals surface area contributed by atoms with Crippen LogP contribution in [0.25, 0.3) is 0 Å². The van der Waals surface area contributed by atoms with Crippen molar-refractivity contribution in [3.63, 3.8) is 0 Å². The molecule has 84 valence electrons. The predicted octanol–water partition coefficient (Wildman–Crippen LogP) is 0.0414. The molecule has 0 spiro atoms. The standard InChI is InChI=1S/C11H21IN.ClH/c1-5-9-10-13(7-3,8-4)11(12)6-2;/h2,11H,5,7-10H2,1,3-4H3;1H/q+1;/p-1. The lowest BCUT2D eigenvalue weighted by molar-refractivity contribution is -0.924. The van der Waals surface area contributed by atoms with Crippen molar-refractivity contribution in [3.8, 4) is 12.3 Å². The van der Waals surface area contributed by atoms with E-state index in [2.05, 4.69) is 49.3 Å². The molecule has 1 unspecified atom stereocenters. The van der Waals surface area contributed by atoms with Gasteiger partial charge in [0.15, 0.2) is 0 Å². The van der Waals surface area contributed by atoms with Gasteiger partial charge in [0.25, 0.3) is 0 Å². The molecule has 0 aromatic carbocycles. The molecule has 0 saturated carbocycles. The van der Waals surface area contributed by atoms with Crippen molar-refractivity contribution in [1.82, 2.24) is 0 Å². The Morgan fingerprint density at radius 3 is 2.07 bits per heavy atom. The molecule has 0 saturated heterocycles. The van der Waals surface area contributed by atoms with Gasteiger partial charge in [-0.15, -0.1) is 6.42 Å². The van der Waals surface area contributed by atoms with Gasteiger partial charge in [-0.2, -0.15) is 0 Å². The van der Waals surface area contributed by atoms with Crippen LogP contribution in [0.5, 0.6) is 0 Å². The first kappa shape index (κ1) is 17.0. The van der Waals surface area contributed by atoms with E-state index >= 15 is 0 Å². The summed E-state index contributed by atoms with van der Waals surface area (Å²) in [4.78, 5) is 0. The summed E-state index contributed by atoms with van der Waals surface area (Å²) in [5, 5.41) is 0. The normalized spacial score (nSPS) is 12.8. The monoisotopic (exact) mass is 329 g/mol. The molecule has 0 aliphatic rings. The predicted molar refractivity (Wildman–Crippen MR) is 67.8 cm³/mol. The largest absolute Gasteiger partial charge is 1.00 e. The number of halogens is 2. The molecule has 0 aromatic rings. The molecule has 0 aliphatic carbocycles. The second-order valence-corrected chi connectivity index (χ2v) is 4.61. The van der Waals surface area contributed by atoms with Crippen molar-refractivity contribution in [2.24, 2.45) is 0 Å². The van der Waals surface area contributed by atoms with Gasteiger partial charge in [0.1, 0.15) is 0 Å². The molecule has 0 rings (SSSR count). The Morgan fingerprint density at radius 2 is 1.79 bits per heavy atom. The van der Waals surface area contributed by atoms with Gasteiger partial charge in [-0.3, -0.25) is 0 Å². The summed E-state index contributed by atoms with van der Waals surface area (Å²) >= 11 is 2.40. The minimum atomic E-state index is 0. The van der Waals surface area contributed by atoms with Crippen LogP contribution in [0.3, 0.4) is 0 Å². The van der Waals surface area contributed by atoms with E-state index in [1.54, 1.807) is 0 Å². The van der Waals surface area contributed by atoms with Gasteiger partial charge in [0, 0.05) is 22.6 Å². The van der Waals surface area contributed by atoms with Crippen LogP contribution in [-0.4, -0.2) is 28.2 Å². The minimum Gasteiger partial charge on any atom is -1.00 e. The van der Waals surface area contributed by atoms with Gasteiger partial charge in [-0.25, -0.2) is 0 Å². The smallest absolute Gasteiger partial charge is 0.200 e. The summed E-state index contributed by atoms with van der Waals surface area (Å²) in [5.41, 5.74) is 0. The van der Waals surface area contributed by atoms with Crippen LogP contribution >= 0.6 is 22.6 Å². The summed E-state index contributed by atoms with van der Waals surface area (Å²) in [6, 6.07) is 0. The topological polar surface area (TPSA) is 0 Å². The van der Waals surface area contributed by atoms with Gasteiger partial charge < -0.3 is 16.9 Å². The number of alkyl halides is 1. The second kappa shape index (κ2) is 8.82. The third-order valence-electron chi connectivity index (χ3n) is 2.83. The van der Waals surface area contributed by atoms with E-state index in [0.29, 0.717) is 4.05 Å². The number of nitrogens with zero attached hydrogens (tertiary/aromatic N) is 1. The van der Waals surface area contributed by atoms with Crippen LogP contribution in [0.1, 0.15) is 33.6 Å². The molecule has 0 fully saturated rings.